The molecule has 34 heavy (non-hydrogen) atoms. The molecule has 1 aliphatic heterocycles. The Bertz CT molecular complexity index is 1310. The number of nitrogens with two attached hydrogens (primary N) is 1. The molecule has 3 aromatic carbocycles. The van der Waals surface area contributed by atoms with E-state index in [1.807, 2.05) is 42.3 Å². The Morgan fingerprint density at radius 3 is 1.91 bits per heavy atom. The summed E-state index contributed by atoms with van der Waals surface area (Å²) in [7, 11) is 8.20. The van der Waals surface area contributed by atoms with Crippen LogP contribution >= 0.6 is 0 Å². The highest BCUT2D eigenvalue weighted by Crippen LogP contribution is 2.46. The van der Waals surface area contributed by atoms with Crippen LogP contribution in [-0.4, -0.2) is 50.7 Å². The van der Waals surface area contributed by atoms with Crippen LogP contribution < -0.4 is 29.3 Å². The summed E-state index contributed by atoms with van der Waals surface area (Å²) < 4.78 is 36.4. The molecule has 0 saturated heterocycles. The van der Waals surface area contributed by atoms with E-state index in [2.05, 4.69) is 26.8 Å². The van der Waals surface area contributed by atoms with Crippen molar-refractivity contribution in [3.8, 4) is 22.6 Å². The minimum absolute atomic E-state index is 0.0657. The molecule has 1 atom stereocenters. The lowest BCUT2D eigenvalue weighted by Crippen LogP contribution is -2.22. The van der Waals surface area contributed by atoms with Gasteiger partial charge in [-0.1, -0.05) is 24.3 Å². The zero-order chi connectivity index (χ0) is 24.8. The average molecular weight is 483 g/mol. The molecular formula is C25H30N4O4S. The Hall–Kier alpha value is -3.43. The third kappa shape index (κ3) is 4.36. The van der Waals surface area contributed by atoms with Gasteiger partial charge in [0.25, 0.3) is 6.29 Å². The van der Waals surface area contributed by atoms with Crippen molar-refractivity contribution in [3.63, 3.8) is 0 Å². The summed E-state index contributed by atoms with van der Waals surface area (Å²) in [6.07, 6.45) is -0.632. The number of anilines is 3. The van der Waals surface area contributed by atoms with Crippen molar-refractivity contribution < 1.29 is 17.9 Å². The van der Waals surface area contributed by atoms with E-state index in [0.717, 1.165) is 22.6 Å². The van der Waals surface area contributed by atoms with E-state index in [9.17, 15) is 8.42 Å². The first kappa shape index (κ1) is 23.7. The summed E-state index contributed by atoms with van der Waals surface area (Å²) in [5, 5.41) is 5.42. The monoisotopic (exact) mass is 482 g/mol. The fourth-order valence-corrected chi connectivity index (χ4v) is 4.87. The van der Waals surface area contributed by atoms with E-state index in [1.165, 1.54) is 6.07 Å². The highest BCUT2D eigenvalue weighted by molar-refractivity contribution is 7.89. The number of sulfonamides is 1. The molecule has 0 aromatic heterocycles. The maximum atomic E-state index is 12.1. The molecule has 8 nitrogen and oxygen atoms in total. The van der Waals surface area contributed by atoms with Gasteiger partial charge in [0.2, 0.25) is 10.0 Å². The Kier molecular flexibility index (Phi) is 6.09. The van der Waals surface area contributed by atoms with Crippen molar-refractivity contribution in [3.05, 3.63) is 60.2 Å². The summed E-state index contributed by atoms with van der Waals surface area (Å²) in [6, 6.07) is 16.2. The Labute approximate surface area is 201 Å². The second kappa shape index (κ2) is 8.73. The smallest absolute Gasteiger partial charge is 0.268 e. The van der Waals surface area contributed by atoms with Gasteiger partial charge in [-0.05, 0) is 35.9 Å². The first-order valence-corrected chi connectivity index (χ1v) is 12.3. The first-order valence-electron chi connectivity index (χ1n) is 10.8. The molecule has 0 fully saturated rings. The van der Waals surface area contributed by atoms with Crippen molar-refractivity contribution in [2.24, 2.45) is 5.14 Å². The van der Waals surface area contributed by atoms with E-state index in [1.54, 1.807) is 36.4 Å². The molecule has 9 heteroatoms. The molecule has 0 amide bonds. The van der Waals surface area contributed by atoms with Crippen molar-refractivity contribution in [2.75, 3.05) is 57.0 Å². The van der Waals surface area contributed by atoms with Gasteiger partial charge in [0.1, 0.15) is 0 Å². The highest BCUT2D eigenvalue weighted by Gasteiger charge is 2.29. The third-order valence-corrected chi connectivity index (χ3v) is 6.66. The van der Waals surface area contributed by atoms with Gasteiger partial charge in [-0.15, -0.1) is 0 Å². The number of rotatable bonds is 6. The van der Waals surface area contributed by atoms with Crippen LogP contribution in [0.2, 0.25) is 0 Å². The fourth-order valence-electron chi connectivity index (χ4n) is 4.11. The zero-order valence-corrected chi connectivity index (χ0v) is 21.1. The number of fused-ring (bicyclic) bond motifs is 1. The topological polar surface area (TPSA) is 88.3 Å². The van der Waals surface area contributed by atoms with Gasteiger partial charge in [-0.3, -0.25) is 0 Å². The summed E-state index contributed by atoms with van der Waals surface area (Å²) in [5.74, 6) is 1.14. The van der Waals surface area contributed by atoms with Crippen molar-refractivity contribution >= 4 is 27.1 Å². The number of benzene rings is 3. The van der Waals surface area contributed by atoms with Crippen molar-refractivity contribution in [2.45, 2.75) is 11.2 Å². The van der Waals surface area contributed by atoms with Gasteiger partial charge >= 0.3 is 0 Å². The third-order valence-electron chi connectivity index (χ3n) is 5.69. The SMILES string of the molecule is CN(C)c1cc(C2Oc3ccc(-c4ccccc4S(N)(=O)=O)cc3O2)cc(N(C)C)c1N(C)C. The maximum Gasteiger partial charge on any atom is 0.268 e. The van der Waals surface area contributed by atoms with Gasteiger partial charge in [0.05, 0.1) is 22.0 Å². The molecular weight excluding hydrogens is 452 g/mol. The largest absolute Gasteiger partial charge is 0.447 e. The number of ether oxygens (including phenoxy) is 2. The van der Waals surface area contributed by atoms with Gasteiger partial charge in [-0.2, -0.15) is 0 Å². The number of primary sulfonamides is 1. The molecule has 3 aromatic rings. The van der Waals surface area contributed by atoms with Crippen molar-refractivity contribution in [1.82, 2.24) is 0 Å². The van der Waals surface area contributed by atoms with Crippen LogP contribution in [0.1, 0.15) is 11.9 Å². The van der Waals surface area contributed by atoms with Crippen LogP contribution in [0.15, 0.2) is 59.5 Å². The molecule has 0 spiro atoms. The molecule has 2 N–H and O–H groups in total. The second-order valence-electron chi connectivity index (χ2n) is 8.86. The predicted molar refractivity (Wildman–Crippen MR) is 137 cm³/mol. The second-order valence-corrected chi connectivity index (χ2v) is 10.4. The zero-order valence-electron chi connectivity index (χ0n) is 20.2. The number of hydrogen-bond donors (Lipinski definition) is 1. The Morgan fingerprint density at radius 1 is 0.765 bits per heavy atom. The quantitative estimate of drug-likeness (QED) is 0.573. The minimum atomic E-state index is -3.87. The molecule has 0 saturated carbocycles. The van der Waals surface area contributed by atoms with Crippen LogP contribution in [0.5, 0.6) is 11.5 Å². The van der Waals surface area contributed by atoms with Gasteiger partial charge in [0.15, 0.2) is 11.5 Å². The summed E-state index contributed by atoms with van der Waals surface area (Å²) in [6.45, 7) is 0. The van der Waals surface area contributed by atoms with E-state index >= 15 is 0 Å². The van der Waals surface area contributed by atoms with E-state index in [0.29, 0.717) is 22.6 Å². The van der Waals surface area contributed by atoms with E-state index in [4.69, 9.17) is 14.6 Å². The first-order chi connectivity index (χ1) is 16.0. The highest BCUT2D eigenvalue weighted by atomic mass is 32.2. The molecule has 1 unspecified atom stereocenters. The maximum absolute atomic E-state index is 12.1. The number of hydrogen-bond acceptors (Lipinski definition) is 7. The van der Waals surface area contributed by atoms with Gasteiger partial charge < -0.3 is 24.2 Å². The minimum Gasteiger partial charge on any atom is -0.447 e. The Morgan fingerprint density at radius 2 is 1.35 bits per heavy atom. The molecule has 180 valence electrons. The lowest BCUT2D eigenvalue weighted by Gasteiger charge is -2.30. The van der Waals surface area contributed by atoms with Crippen LogP contribution in [0, 0.1) is 0 Å². The average Bonchev–Trinajstić information content (AvgIpc) is 3.20. The molecule has 0 aliphatic carbocycles. The van der Waals surface area contributed by atoms with Crippen molar-refractivity contribution in [1.29, 1.82) is 0 Å². The van der Waals surface area contributed by atoms with Gasteiger partial charge in [0, 0.05) is 53.4 Å². The lowest BCUT2D eigenvalue weighted by molar-refractivity contribution is 0.0488. The van der Waals surface area contributed by atoms with E-state index in [-0.39, 0.29) is 4.90 Å². The van der Waals surface area contributed by atoms with Crippen LogP contribution in [0.3, 0.4) is 0 Å². The van der Waals surface area contributed by atoms with E-state index < -0.39 is 16.3 Å². The van der Waals surface area contributed by atoms with Gasteiger partial charge in [-0.25, -0.2) is 13.6 Å². The summed E-state index contributed by atoms with van der Waals surface area (Å²) in [4.78, 5) is 6.29. The van der Waals surface area contributed by atoms with Crippen LogP contribution in [0.4, 0.5) is 17.1 Å². The lowest BCUT2D eigenvalue weighted by atomic mass is 10.1. The predicted octanol–water partition coefficient (Wildman–Crippen LogP) is 3.67. The standard InChI is InChI=1S/C25H30N4O4S/c1-27(2)19-13-17(14-20(28(3)4)24(19)29(5)6)25-32-21-12-11-16(15-22(21)33-25)18-9-7-8-10-23(18)34(26,30)31/h7-15,25H,1-6H3,(H2,26,30,31). The number of nitrogens with zero attached hydrogens (tertiary/aromatic N) is 3. The van der Waals surface area contributed by atoms with Crippen LogP contribution in [-0.2, 0) is 10.0 Å². The molecule has 0 radical (unpaired) electrons. The molecule has 4 rings (SSSR count). The summed E-state index contributed by atoms with van der Waals surface area (Å²) in [5.41, 5.74) is 5.24. The molecule has 0 bridgehead atoms. The van der Waals surface area contributed by atoms with Crippen LogP contribution in [0.25, 0.3) is 11.1 Å². The summed E-state index contributed by atoms with van der Waals surface area (Å²) >= 11 is 0. The molecule has 1 heterocycles. The normalized spacial score (nSPS) is 14.7. The Balaban J connectivity index is 1.73. The fraction of sp³-hybridized carbons (Fsp3) is 0.280. The molecule has 1 aliphatic rings.